The van der Waals surface area contributed by atoms with Gasteiger partial charge in [-0.2, -0.15) is 5.10 Å². The molecular weight excluding hydrogens is 150 g/mol. The van der Waals surface area contributed by atoms with Crippen LogP contribution in [0.2, 0.25) is 0 Å². The van der Waals surface area contributed by atoms with Crippen molar-refractivity contribution in [3.8, 4) is 0 Å². The Hall–Kier alpha value is -0.830. The van der Waals surface area contributed by atoms with Crippen LogP contribution in [0.5, 0.6) is 0 Å². The zero-order valence-corrected chi connectivity index (χ0v) is 7.40. The molecule has 1 atom stereocenters. The predicted molar refractivity (Wildman–Crippen MR) is 47.7 cm³/mol. The van der Waals surface area contributed by atoms with E-state index in [1.807, 2.05) is 16.9 Å². The van der Waals surface area contributed by atoms with E-state index < -0.39 is 0 Å². The van der Waals surface area contributed by atoms with Crippen LogP contribution in [0, 0.1) is 12.8 Å². The maximum Gasteiger partial charge on any atom is 0.0566 e. The normalized spacial score (nSPS) is 19.5. The summed E-state index contributed by atoms with van der Waals surface area (Å²) in [6.45, 7) is 2.94. The van der Waals surface area contributed by atoms with E-state index in [-0.39, 0.29) is 0 Å². The summed E-state index contributed by atoms with van der Waals surface area (Å²) in [4.78, 5) is 0. The minimum Gasteiger partial charge on any atom is -0.326 e. The number of nitrogens with zero attached hydrogens (tertiary/aromatic N) is 2. The van der Waals surface area contributed by atoms with Crippen LogP contribution in [-0.4, -0.2) is 15.8 Å². The van der Waals surface area contributed by atoms with E-state index in [1.165, 1.54) is 18.5 Å². The van der Waals surface area contributed by atoms with Gasteiger partial charge in [0.05, 0.1) is 6.54 Å². The first kappa shape index (κ1) is 7.80. The van der Waals surface area contributed by atoms with E-state index in [0.717, 1.165) is 12.5 Å². The lowest BCUT2D eigenvalue weighted by Gasteiger charge is -2.11. The second-order valence-corrected chi connectivity index (χ2v) is 3.66. The molecule has 12 heavy (non-hydrogen) atoms. The summed E-state index contributed by atoms with van der Waals surface area (Å²) in [5, 5.41) is 4.20. The second-order valence-electron chi connectivity index (χ2n) is 3.66. The van der Waals surface area contributed by atoms with Gasteiger partial charge in [-0.15, -0.1) is 0 Å². The molecule has 3 nitrogen and oxygen atoms in total. The SMILES string of the molecule is Cc1ccnn1CC(N)C1CC1. The number of aromatic nitrogens is 2. The standard InChI is InChI=1S/C9H15N3/c1-7-4-5-11-12(7)6-9(10)8-2-3-8/h4-5,8-9H,2-3,6,10H2,1H3. The van der Waals surface area contributed by atoms with Gasteiger partial charge in [0.15, 0.2) is 0 Å². The zero-order valence-electron chi connectivity index (χ0n) is 7.40. The summed E-state index contributed by atoms with van der Waals surface area (Å²) in [6, 6.07) is 2.32. The molecule has 1 aromatic heterocycles. The third-order valence-electron chi connectivity index (χ3n) is 2.54. The largest absolute Gasteiger partial charge is 0.326 e. The quantitative estimate of drug-likeness (QED) is 0.724. The van der Waals surface area contributed by atoms with Crippen molar-refractivity contribution in [3.63, 3.8) is 0 Å². The first-order chi connectivity index (χ1) is 5.77. The molecule has 0 spiro atoms. The monoisotopic (exact) mass is 165 g/mol. The lowest BCUT2D eigenvalue weighted by atomic mass is 10.2. The van der Waals surface area contributed by atoms with Crippen LogP contribution in [-0.2, 0) is 6.54 Å². The summed E-state index contributed by atoms with van der Waals surface area (Å²) in [5.41, 5.74) is 7.18. The molecular formula is C9H15N3. The van der Waals surface area contributed by atoms with E-state index >= 15 is 0 Å². The lowest BCUT2D eigenvalue weighted by Crippen LogP contribution is -2.29. The van der Waals surface area contributed by atoms with E-state index in [4.69, 9.17) is 5.73 Å². The molecule has 1 saturated carbocycles. The van der Waals surface area contributed by atoms with E-state index in [9.17, 15) is 0 Å². The highest BCUT2D eigenvalue weighted by Crippen LogP contribution is 2.32. The Bertz CT molecular complexity index is 262. The summed E-state index contributed by atoms with van der Waals surface area (Å²) < 4.78 is 1.99. The zero-order chi connectivity index (χ0) is 8.55. The van der Waals surface area contributed by atoms with E-state index in [0.29, 0.717) is 6.04 Å². The third-order valence-corrected chi connectivity index (χ3v) is 2.54. The number of aryl methyl sites for hydroxylation is 1. The van der Waals surface area contributed by atoms with Crippen molar-refractivity contribution in [1.29, 1.82) is 0 Å². The number of rotatable bonds is 3. The van der Waals surface area contributed by atoms with Crippen LogP contribution >= 0.6 is 0 Å². The van der Waals surface area contributed by atoms with Crippen LogP contribution in [0.4, 0.5) is 0 Å². The molecule has 0 radical (unpaired) electrons. The van der Waals surface area contributed by atoms with Crippen molar-refractivity contribution < 1.29 is 0 Å². The average molecular weight is 165 g/mol. The Labute approximate surface area is 72.6 Å². The molecule has 1 aliphatic carbocycles. The molecule has 1 aliphatic rings. The number of nitrogens with two attached hydrogens (primary N) is 1. The lowest BCUT2D eigenvalue weighted by molar-refractivity contribution is 0.464. The Morgan fingerprint density at radius 2 is 2.50 bits per heavy atom. The average Bonchev–Trinajstić information content (AvgIpc) is 2.80. The van der Waals surface area contributed by atoms with Gasteiger partial charge in [0.2, 0.25) is 0 Å². The topological polar surface area (TPSA) is 43.8 Å². The summed E-state index contributed by atoms with van der Waals surface area (Å²) in [6.07, 6.45) is 4.44. The molecule has 0 amide bonds. The molecule has 1 heterocycles. The first-order valence-electron chi connectivity index (χ1n) is 4.51. The van der Waals surface area contributed by atoms with E-state index in [2.05, 4.69) is 12.0 Å². The molecule has 1 unspecified atom stereocenters. The molecule has 0 aromatic carbocycles. The highest BCUT2D eigenvalue weighted by Gasteiger charge is 2.28. The van der Waals surface area contributed by atoms with Crippen LogP contribution in [0.1, 0.15) is 18.5 Å². The molecule has 2 rings (SSSR count). The second kappa shape index (κ2) is 2.90. The van der Waals surface area contributed by atoms with Crippen LogP contribution in [0.25, 0.3) is 0 Å². The molecule has 1 fully saturated rings. The van der Waals surface area contributed by atoms with Gasteiger partial charge in [-0.05, 0) is 31.7 Å². The number of hydrogen-bond acceptors (Lipinski definition) is 2. The van der Waals surface area contributed by atoms with Crippen molar-refractivity contribution >= 4 is 0 Å². The minimum absolute atomic E-state index is 0.309. The minimum atomic E-state index is 0.309. The van der Waals surface area contributed by atoms with Crippen molar-refractivity contribution in [2.75, 3.05) is 0 Å². The fourth-order valence-corrected chi connectivity index (χ4v) is 1.46. The van der Waals surface area contributed by atoms with Crippen LogP contribution < -0.4 is 5.73 Å². The molecule has 0 bridgehead atoms. The third kappa shape index (κ3) is 1.50. The number of hydrogen-bond donors (Lipinski definition) is 1. The Balaban J connectivity index is 1.97. The Kier molecular flexibility index (Phi) is 1.89. The van der Waals surface area contributed by atoms with Gasteiger partial charge in [0, 0.05) is 17.9 Å². The Morgan fingerprint density at radius 1 is 1.75 bits per heavy atom. The van der Waals surface area contributed by atoms with Crippen molar-refractivity contribution in [2.24, 2.45) is 11.7 Å². The fourth-order valence-electron chi connectivity index (χ4n) is 1.46. The van der Waals surface area contributed by atoms with Gasteiger partial charge >= 0.3 is 0 Å². The van der Waals surface area contributed by atoms with Crippen molar-refractivity contribution in [3.05, 3.63) is 18.0 Å². The van der Waals surface area contributed by atoms with Gasteiger partial charge < -0.3 is 5.73 Å². The molecule has 3 heteroatoms. The van der Waals surface area contributed by atoms with Gasteiger partial charge in [-0.1, -0.05) is 0 Å². The predicted octanol–water partition coefficient (Wildman–Crippen LogP) is 0.929. The first-order valence-corrected chi connectivity index (χ1v) is 4.51. The summed E-state index contributed by atoms with van der Waals surface area (Å²) in [7, 11) is 0. The van der Waals surface area contributed by atoms with Crippen LogP contribution in [0.3, 0.4) is 0 Å². The maximum atomic E-state index is 5.98. The molecule has 0 saturated heterocycles. The molecule has 1 aromatic rings. The highest BCUT2D eigenvalue weighted by molar-refractivity contribution is 4.97. The molecule has 2 N–H and O–H groups in total. The van der Waals surface area contributed by atoms with Gasteiger partial charge in [0.1, 0.15) is 0 Å². The van der Waals surface area contributed by atoms with Gasteiger partial charge in [-0.25, -0.2) is 0 Å². The van der Waals surface area contributed by atoms with E-state index in [1.54, 1.807) is 0 Å². The maximum absolute atomic E-state index is 5.98. The summed E-state index contributed by atoms with van der Waals surface area (Å²) >= 11 is 0. The van der Waals surface area contributed by atoms with Crippen molar-refractivity contribution in [1.82, 2.24) is 9.78 Å². The van der Waals surface area contributed by atoms with Crippen LogP contribution in [0.15, 0.2) is 12.3 Å². The Morgan fingerprint density at radius 3 is 3.00 bits per heavy atom. The molecule has 66 valence electrons. The fraction of sp³-hybridized carbons (Fsp3) is 0.667. The molecule has 0 aliphatic heterocycles. The van der Waals surface area contributed by atoms with Gasteiger partial charge in [-0.3, -0.25) is 4.68 Å². The van der Waals surface area contributed by atoms with Gasteiger partial charge in [0.25, 0.3) is 0 Å². The summed E-state index contributed by atoms with van der Waals surface area (Å²) in [5.74, 6) is 0.758. The van der Waals surface area contributed by atoms with Crippen molar-refractivity contribution in [2.45, 2.75) is 32.4 Å². The smallest absolute Gasteiger partial charge is 0.0566 e. The highest BCUT2D eigenvalue weighted by atomic mass is 15.3.